The number of carboxylic acid groups (broad SMARTS) is 1. The molecule has 0 spiro atoms. The number of nitrogens with zero attached hydrogens (tertiary/aromatic N) is 1. The predicted molar refractivity (Wildman–Crippen MR) is 83.1 cm³/mol. The zero-order valence-electron chi connectivity index (χ0n) is 11.6. The smallest absolute Gasteiger partial charge is 0.323 e. The third kappa shape index (κ3) is 4.39. The van der Waals surface area contributed by atoms with Gasteiger partial charge in [0.1, 0.15) is 12.3 Å². The van der Waals surface area contributed by atoms with Crippen molar-refractivity contribution in [2.45, 2.75) is 6.54 Å². The van der Waals surface area contributed by atoms with Gasteiger partial charge in [-0.3, -0.25) is 4.79 Å². The molecule has 21 heavy (non-hydrogen) atoms. The van der Waals surface area contributed by atoms with Crippen molar-refractivity contribution in [1.29, 1.82) is 0 Å². The number of anilines is 1. The van der Waals surface area contributed by atoms with Gasteiger partial charge in [0.2, 0.25) is 0 Å². The molecule has 2 aromatic rings. The fraction of sp³-hybridized carbons (Fsp3) is 0.188. The monoisotopic (exact) mass is 305 g/mol. The number of carboxylic acids is 1. The number of methoxy groups -OCH3 is 1. The highest BCUT2D eigenvalue weighted by atomic mass is 35.5. The molecule has 0 atom stereocenters. The first kappa shape index (κ1) is 15.2. The van der Waals surface area contributed by atoms with E-state index in [2.05, 4.69) is 0 Å². The van der Waals surface area contributed by atoms with Crippen molar-refractivity contribution < 1.29 is 14.6 Å². The Hall–Kier alpha value is -2.20. The van der Waals surface area contributed by atoms with E-state index < -0.39 is 5.97 Å². The van der Waals surface area contributed by atoms with Crippen molar-refractivity contribution in [3.63, 3.8) is 0 Å². The number of hydrogen-bond acceptors (Lipinski definition) is 3. The van der Waals surface area contributed by atoms with Crippen LogP contribution in [0.4, 0.5) is 5.69 Å². The summed E-state index contributed by atoms with van der Waals surface area (Å²) in [6.45, 7) is 0.362. The van der Waals surface area contributed by atoms with Gasteiger partial charge in [0, 0.05) is 17.3 Å². The summed E-state index contributed by atoms with van der Waals surface area (Å²) in [6.07, 6.45) is 0. The lowest BCUT2D eigenvalue weighted by Crippen LogP contribution is -2.29. The van der Waals surface area contributed by atoms with Gasteiger partial charge < -0.3 is 14.7 Å². The van der Waals surface area contributed by atoms with Gasteiger partial charge in [-0.25, -0.2) is 0 Å². The first-order valence-electron chi connectivity index (χ1n) is 6.43. The Morgan fingerprint density at radius 3 is 2.67 bits per heavy atom. The maximum absolute atomic E-state index is 11.1. The van der Waals surface area contributed by atoms with E-state index in [1.165, 1.54) is 0 Å². The molecule has 1 N–H and O–H groups in total. The first-order chi connectivity index (χ1) is 10.1. The molecule has 0 bridgehead atoms. The largest absolute Gasteiger partial charge is 0.497 e. The summed E-state index contributed by atoms with van der Waals surface area (Å²) in [4.78, 5) is 12.8. The molecule has 0 saturated carbocycles. The molecule has 0 aromatic heterocycles. The van der Waals surface area contributed by atoms with Gasteiger partial charge in [-0.1, -0.05) is 29.8 Å². The minimum Gasteiger partial charge on any atom is -0.497 e. The molecule has 0 aliphatic heterocycles. The number of carbonyl (C=O) groups is 1. The van der Waals surface area contributed by atoms with Gasteiger partial charge >= 0.3 is 5.97 Å². The summed E-state index contributed by atoms with van der Waals surface area (Å²) >= 11 is 5.98. The third-order valence-electron chi connectivity index (χ3n) is 3.01. The zero-order valence-corrected chi connectivity index (χ0v) is 12.4. The van der Waals surface area contributed by atoms with E-state index in [0.717, 1.165) is 17.0 Å². The molecule has 0 radical (unpaired) electrons. The van der Waals surface area contributed by atoms with E-state index in [1.807, 2.05) is 30.3 Å². The fourth-order valence-corrected chi connectivity index (χ4v) is 2.25. The van der Waals surface area contributed by atoms with Gasteiger partial charge in [-0.2, -0.15) is 0 Å². The molecular formula is C16H16ClNO3. The molecule has 0 saturated heterocycles. The quantitative estimate of drug-likeness (QED) is 0.888. The molecule has 5 heteroatoms. The zero-order chi connectivity index (χ0) is 15.2. The van der Waals surface area contributed by atoms with Crippen LogP contribution in [-0.2, 0) is 11.3 Å². The number of rotatable bonds is 6. The number of ether oxygens (including phenoxy) is 1. The van der Waals surface area contributed by atoms with Crippen LogP contribution in [0, 0.1) is 0 Å². The van der Waals surface area contributed by atoms with Crippen LogP contribution in [0.25, 0.3) is 0 Å². The number of benzene rings is 2. The van der Waals surface area contributed by atoms with Crippen LogP contribution in [-0.4, -0.2) is 24.7 Å². The van der Waals surface area contributed by atoms with Crippen LogP contribution >= 0.6 is 11.6 Å². The van der Waals surface area contributed by atoms with Gasteiger partial charge in [-0.15, -0.1) is 0 Å². The lowest BCUT2D eigenvalue weighted by molar-refractivity contribution is -0.135. The highest BCUT2D eigenvalue weighted by Crippen LogP contribution is 2.22. The van der Waals surface area contributed by atoms with E-state index in [-0.39, 0.29) is 6.54 Å². The second kappa shape index (κ2) is 6.99. The Kier molecular flexibility index (Phi) is 5.06. The Bertz CT molecular complexity index is 630. The summed E-state index contributed by atoms with van der Waals surface area (Å²) in [5.74, 6) is -0.147. The Morgan fingerprint density at radius 1 is 1.24 bits per heavy atom. The second-order valence-corrected chi connectivity index (χ2v) is 5.02. The second-order valence-electron chi connectivity index (χ2n) is 4.58. The Morgan fingerprint density at radius 2 is 2.00 bits per heavy atom. The van der Waals surface area contributed by atoms with Gasteiger partial charge in [0.15, 0.2) is 0 Å². The van der Waals surface area contributed by atoms with Crippen molar-refractivity contribution in [2.75, 3.05) is 18.6 Å². The van der Waals surface area contributed by atoms with Crippen LogP contribution in [0.15, 0.2) is 48.5 Å². The Labute approximate surface area is 128 Å². The molecule has 0 heterocycles. The van der Waals surface area contributed by atoms with Gasteiger partial charge in [0.05, 0.1) is 7.11 Å². The minimum atomic E-state index is -0.891. The summed E-state index contributed by atoms with van der Waals surface area (Å²) in [6, 6.07) is 14.7. The maximum atomic E-state index is 11.1. The van der Waals surface area contributed by atoms with Crippen LogP contribution in [0.2, 0.25) is 5.02 Å². The highest BCUT2D eigenvalue weighted by molar-refractivity contribution is 6.30. The molecular weight excluding hydrogens is 290 g/mol. The molecule has 2 aromatic carbocycles. The average molecular weight is 306 g/mol. The van der Waals surface area contributed by atoms with E-state index in [1.54, 1.807) is 30.2 Å². The molecule has 110 valence electrons. The molecule has 0 amide bonds. The molecule has 0 fully saturated rings. The Balaban J connectivity index is 2.25. The summed E-state index contributed by atoms with van der Waals surface area (Å²) in [5, 5.41) is 9.67. The van der Waals surface area contributed by atoms with Crippen molar-refractivity contribution in [1.82, 2.24) is 0 Å². The maximum Gasteiger partial charge on any atom is 0.323 e. The summed E-state index contributed by atoms with van der Waals surface area (Å²) in [7, 11) is 1.60. The SMILES string of the molecule is COc1cccc(CN(CC(=O)O)c2cccc(Cl)c2)c1. The van der Waals surface area contributed by atoms with E-state index in [0.29, 0.717) is 11.6 Å². The van der Waals surface area contributed by atoms with E-state index in [4.69, 9.17) is 21.4 Å². The number of aliphatic carboxylic acids is 1. The number of halogens is 1. The van der Waals surface area contributed by atoms with Gasteiger partial charge in [-0.05, 0) is 35.9 Å². The average Bonchev–Trinajstić information content (AvgIpc) is 2.46. The lowest BCUT2D eigenvalue weighted by atomic mass is 10.2. The molecule has 0 aliphatic rings. The van der Waals surface area contributed by atoms with Crippen LogP contribution in [0.1, 0.15) is 5.56 Å². The molecule has 4 nitrogen and oxygen atoms in total. The van der Waals surface area contributed by atoms with Crippen molar-refractivity contribution >= 4 is 23.3 Å². The van der Waals surface area contributed by atoms with Crippen molar-refractivity contribution in [3.8, 4) is 5.75 Å². The number of hydrogen-bond donors (Lipinski definition) is 1. The third-order valence-corrected chi connectivity index (χ3v) is 3.24. The van der Waals surface area contributed by atoms with E-state index >= 15 is 0 Å². The minimum absolute atomic E-state index is 0.0997. The molecule has 0 aliphatic carbocycles. The summed E-state index contributed by atoms with van der Waals surface area (Å²) < 4.78 is 5.19. The van der Waals surface area contributed by atoms with Crippen LogP contribution in [0.5, 0.6) is 5.75 Å². The normalized spacial score (nSPS) is 10.2. The topological polar surface area (TPSA) is 49.8 Å². The van der Waals surface area contributed by atoms with E-state index in [9.17, 15) is 4.79 Å². The van der Waals surface area contributed by atoms with Crippen molar-refractivity contribution in [2.24, 2.45) is 0 Å². The fourth-order valence-electron chi connectivity index (χ4n) is 2.07. The first-order valence-corrected chi connectivity index (χ1v) is 6.81. The summed E-state index contributed by atoms with van der Waals surface area (Å²) in [5.41, 5.74) is 1.74. The van der Waals surface area contributed by atoms with Crippen LogP contribution in [0.3, 0.4) is 0 Å². The van der Waals surface area contributed by atoms with Gasteiger partial charge in [0.25, 0.3) is 0 Å². The van der Waals surface area contributed by atoms with Crippen molar-refractivity contribution in [3.05, 3.63) is 59.1 Å². The molecule has 2 rings (SSSR count). The lowest BCUT2D eigenvalue weighted by Gasteiger charge is -2.23. The van der Waals surface area contributed by atoms with Crippen LogP contribution < -0.4 is 9.64 Å². The predicted octanol–water partition coefficient (Wildman–Crippen LogP) is 3.44. The highest BCUT2D eigenvalue weighted by Gasteiger charge is 2.12. The standard InChI is InChI=1S/C16H16ClNO3/c1-21-15-7-2-4-12(8-15)10-18(11-16(19)20)14-6-3-5-13(17)9-14/h2-9H,10-11H2,1H3,(H,19,20). The molecule has 0 unspecified atom stereocenters.